The Morgan fingerprint density at radius 2 is 1.76 bits per heavy atom. The number of esters is 1. The molecular weight excluding hydrogens is 394 g/mol. The number of benzene rings is 2. The molecule has 156 valence electrons. The van der Waals surface area contributed by atoms with E-state index in [2.05, 4.69) is 4.72 Å². The Morgan fingerprint density at radius 3 is 2.38 bits per heavy atom. The summed E-state index contributed by atoms with van der Waals surface area (Å²) in [6.45, 7) is 6.59. The Kier molecular flexibility index (Phi) is 7.16. The third kappa shape index (κ3) is 5.65. The fraction of sp³-hybridized carbons (Fsp3) is 0.333. The highest BCUT2D eigenvalue weighted by atomic mass is 32.2. The topological polar surface area (TPSA) is 98.8 Å². The summed E-state index contributed by atoms with van der Waals surface area (Å²) in [6.07, 6.45) is 0. The third-order valence-corrected chi connectivity index (χ3v) is 5.79. The first-order chi connectivity index (χ1) is 13.5. The summed E-state index contributed by atoms with van der Waals surface area (Å²) in [5.74, 6) is -1.03. The van der Waals surface area contributed by atoms with E-state index in [1.54, 1.807) is 26.8 Å². The molecule has 0 radical (unpaired) electrons. The van der Waals surface area contributed by atoms with Crippen molar-refractivity contribution in [2.45, 2.75) is 38.6 Å². The molecule has 1 N–H and O–H groups in total. The van der Waals surface area contributed by atoms with Gasteiger partial charge in [0.05, 0.1) is 12.7 Å². The molecule has 7 nitrogen and oxygen atoms in total. The maximum atomic E-state index is 12.5. The lowest BCUT2D eigenvalue weighted by Gasteiger charge is -2.14. The van der Waals surface area contributed by atoms with Crippen molar-refractivity contribution in [3.63, 3.8) is 0 Å². The van der Waals surface area contributed by atoms with Gasteiger partial charge in [0.25, 0.3) is 0 Å². The average Bonchev–Trinajstić information content (AvgIpc) is 2.66. The number of rotatable bonds is 8. The number of hydrogen-bond donors (Lipinski definition) is 1. The highest BCUT2D eigenvalue weighted by Gasteiger charge is 2.23. The highest BCUT2D eigenvalue weighted by molar-refractivity contribution is 7.89. The van der Waals surface area contributed by atoms with Crippen LogP contribution in [0.1, 0.15) is 45.7 Å². The molecule has 0 aliphatic rings. The molecule has 0 amide bonds. The van der Waals surface area contributed by atoms with Crippen LogP contribution in [0.15, 0.2) is 41.3 Å². The molecule has 0 spiro atoms. The zero-order valence-electron chi connectivity index (χ0n) is 17.1. The summed E-state index contributed by atoms with van der Waals surface area (Å²) < 4.78 is 37.7. The van der Waals surface area contributed by atoms with Crippen LogP contribution in [0.5, 0.6) is 5.75 Å². The zero-order chi connectivity index (χ0) is 21.8. The normalized spacial score (nSPS) is 11.4. The van der Waals surface area contributed by atoms with Gasteiger partial charge in [-0.3, -0.25) is 4.79 Å². The van der Waals surface area contributed by atoms with Crippen molar-refractivity contribution in [1.82, 2.24) is 4.72 Å². The fourth-order valence-corrected chi connectivity index (χ4v) is 4.16. The molecule has 2 aromatic rings. The molecule has 8 heteroatoms. The van der Waals surface area contributed by atoms with Gasteiger partial charge in [0.2, 0.25) is 15.8 Å². The van der Waals surface area contributed by atoms with Crippen molar-refractivity contribution in [3.8, 4) is 5.75 Å². The number of ether oxygens (including phenoxy) is 2. The average molecular weight is 419 g/mol. The summed E-state index contributed by atoms with van der Waals surface area (Å²) in [5, 5.41) is 0. The van der Waals surface area contributed by atoms with E-state index in [1.807, 2.05) is 19.1 Å². The minimum atomic E-state index is -3.89. The van der Waals surface area contributed by atoms with E-state index < -0.39 is 22.6 Å². The van der Waals surface area contributed by atoms with Crippen molar-refractivity contribution >= 4 is 21.8 Å². The van der Waals surface area contributed by atoms with Crippen LogP contribution in [-0.2, 0) is 14.8 Å². The van der Waals surface area contributed by atoms with Crippen molar-refractivity contribution in [1.29, 1.82) is 0 Å². The minimum absolute atomic E-state index is 0.00342. The quantitative estimate of drug-likeness (QED) is 0.522. The second-order valence-electron chi connectivity index (χ2n) is 6.96. The van der Waals surface area contributed by atoms with Crippen LogP contribution in [0.25, 0.3) is 0 Å². The molecule has 0 fully saturated rings. The molecule has 0 saturated carbocycles. The molecule has 2 rings (SSSR count). The van der Waals surface area contributed by atoms with Crippen molar-refractivity contribution in [3.05, 3.63) is 58.7 Å². The van der Waals surface area contributed by atoms with E-state index in [4.69, 9.17) is 9.47 Å². The summed E-state index contributed by atoms with van der Waals surface area (Å²) >= 11 is 0. The van der Waals surface area contributed by atoms with Gasteiger partial charge in [0.15, 0.2) is 6.61 Å². The molecule has 0 aromatic heterocycles. The standard InChI is InChI=1S/C21H25NO6S/c1-13(2)22-29(25,26)20-11-16(8-9-19(20)27-5)21(24)28-12-18(23)17-10-14(3)6-7-15(17)4/h6-11,13,22H,12H2,1-5H3. The second kappa shape index (κ2) is 9.19. The Hall–Kier alpha value is -2.71. The van der Waals surface area contributed by atoms with Gasteiger partial charge in [-0.05, 0) is 57.5 Å². The van der Waals surface area contributed by atoms with Gasteiger partial charge < -0.3 is 9.47 Å². The Balaban J connectivity index is 2.22. The number of sulfonamides is 1. The molecule has 0 bridgehead atoms. The highest BCUT2D eigenvalue weighted by Crippen LogP contribution is 2.25. The summed E-state index contributed by atoms with van der Waals surface area (Å²) in [4.78, 5) is 24.6. The number of carbonyl (C=O) groups excluding carboxylic acids is 2. The molecule has 0 unspecified atom stereocenters. The lowest BCUT2D eigenvalue weighted by atomic mass is 10.0. The zero-order valence-corrected chi connectivity index (χ0v) is 17.9. The predicted molar refractivity (Wildman–Crippen MR) is 109 cm³/mol. The molecule has 0 aliphatic heterocycles. The molecule has 2 aromatic carbocycles. The van der Waals surface area contributed by atoms with Crippen molar-refractivity contribution in [2.24, 2.45) is 0 Å². The number of hydrogen-bond acceptors (Lipinski definition) is 6. The van der Waals surface area contributed by atoms with Crippen LogP contribution in [0.4, 0.5) is 0 Å². The first-order valence-corrected chi connectivity index (χ1v) is 10.5. The number of carbonyl (C=O) groups is 2. The van der Waals surface area contributed by atoms with Crippen LogP contribution in [-0.4, -0.2) is 39.9 Å². The van der Waals surface area contributed by atoms with Crippen LogP contribution in [0.2, 0.25) is 0 Å². The summed E-state index contributed by atoms with van der Waals surface area (Å²) in [6, 6.07) is 9.05. The number of Topliss-reactive ketones (excluding diaryl/α,β-unsaturated/α-hetero) is 1. The Labute approximate surface area is 171 Å². The second-order valence-corrected chi connectivity index (χ2v) is 8.64. The van der Waals surface area contributed by atoms with Crippen molar-refractivity contribution in [2.75, 3.05) is 13.7 Å². The molecule has 0 heterocycles. The van der Waals surface area contributed by atoms with Crippen LogP contribution >= 0.6 is 0 Å². The van der Waals surface area contributed by atoms with E-state index in [1.165, 1.54) is 25.3 Å². The molecule has 29 heavy (non-hydrogen) atoms. The van der Waals surface area contributed by atoms with Gasteiger partial charge in [-0.2, -0.15) is 0 Å². The number of ketones is 1. The fourth-order valence-electron chi connectivity index (χ4n) is 2.72. The van der Waals surface area contributed by atoms with E-state index in [9.17, 15) is 18.0 Å². The number of aryl methyl sites for hydroxylation is 2. The maximum absolute atomic E-state index is 12.5. The van der Waals surface area contributed by atoms with Crippen LogP contribution in [0, 0.1) is 13.8 Å². The molecule has 0 aliphatic carbocycles. The monoisotopic (exact) mass is 419 g/mol. The van der Waals surface area contributed by atoms with Gasteiger partial charge in [0, 0.05) is 11.6 Å². The van der Waals surface area contributed by atoms with Gasteiger partial charge in [0.1, 0.15) is 10.6 Å². The van der Waals surface area contributed by atoms with Gasteiger partial charge in [-0.1, -0.05) is 17.7 Å². The Morgan fingerprint density at radius 1 is 1.07 bits per heavy atom. The van der Waals surface area contributed by atoms with Crippen LogP contribution in [0.3, 0.4) is 0 Å². The summed E-state index contributed by atoms with van der Waals surface area (Å²) in [5.41, 5.74) is 2.20. The first-order valence-electron chi connectivity index (χ1n) is 9.03. The lowest BCUT2D eigenvalue weighted by Crippen LogP contribution is -2.30. The smallest absolute Gasteiger partial charge is 0.338 e. The minimum Gasteiger partial charge on any atom is -0.495 e. The predicted octanol–water partition coefficient (Wildman–Crippen LogP) is 3.04. The van der Waals surface area contributed by atoms with E-state index in [0.717, 1.165) is 11.1 Å². The van der Waals surface area contributed by atoms with E-state index in [0.29, 0.717) is 5.56 Å². The van der Waals surface area contributed by atoms with Crippen LogP contribution < -0.4 is 9.46 Å². The largest absolute Gasteiger partial charge is 0.495 e. The molecule has 0 atom stereocenters. The van der Waals surface area contributed by atoms with Gasteiger partial charge in [-0.15, -0.1) is 0 Å². The SMILES string of the molecule is COc1ccc(C(=O)OCC(=O)c2cc(C)ccc2C)cc1S(=O)(=O)NC(C)C. The lowest BCUT2D eigenvalue weighted by molar-refractivity contribution is 0.0474. The number of methoxy groups -OCH3 is 1. The first kappa shape index (κ1) is 22.6. The Bertz CT molecular complexity index is 1030. The van der Waals surface area contributed by atoms with E-state index >= 15 is 0 Å². The van der Waals surface area contributed by atoms with E-state index in [-0.39, 0.29) is 28.0 Å². The maximum Gasteiger partial charge on any atom is 0.338 e. The molecule has 0 saturated heterocycles. The summed E-state index contributed by atoms with van der Waals surface area (Å²) in [7, 11) is -2.55. The van der Waals surface area contributed by atoms with Gasteiger partial charge in [-0.25, -0.2) is 17.9 Å². The van der Waals surface area contributed by atoms with Crippen molar-refractivity contribution < 1.29 is 27.5 Å². The van der Waals surface area contributed by atoms with Gasteiger partial charge >= 0.3 is 5.97 Å². The molecular formula is C21H25NO6S. The third-order valence-electron chi connectivity index (χ3n) is 4.11. The number of nitrogens with one attached hydrogen (secondary N) is 1.